The lowest BCUT2D eigenvalue weighted by Crippen LogP contribution is -2.35. The third-order valence-electron chi connectivity index (χ3n) is 4.13. The number of ether oxygens (including phenoxy) is 1. The molecule has 1 N–H and O–H groups in total. The number of benzene rings is 1. The van der Waals surface area contributed by atoms with Crippen LogP contribution in [0.25, 0.3) is 0 Å². The predicted molar refractivity (Wildman–Crippen MR) is 83.8 cm³/mol. The van der Waals surface area contributed by atoms with Crippen LogP contribution in [-0.4, -0.2) is 39.4 Å². The first-order valence-electron chi connectivity index (χ1n) is 7.73. The molecule has 0 amide bonds. The Balaban J connectivity index is 1.43. The van der Waals surface area contributed by atoms with Crippen molar-refractivity contribution < 1.29 is 4.74 Å². The minimum Gasteiger partial charge on any atom is -0.493 e. The van der Waals surface area contributed by atoms with E-state index in [-0.39, 0.29) is 5.69 Å². The number of likely N-dealkylation sites (tertiary alicyclic amines) is 1. The number of H-pyrrole nitrogens is 1. The summed E-state index contributed by atoms with van der Waals surface area (Å²) in [6.07, 6.45) is 2.23. The number of rotatable bonds is 5. The lowest BCUT2D eigenvalue weighted by molar-refractivity contribution is 0.134. The van der Waals surface area contributed by atoms with Gasteiger partial charge in [0.15, 0.2) is 0 Å². The fraction of sp³-hybridized carbons (Fsp3) is 0.500. The van der Waals surface area contributed by atoms with Gasteiger partial charge in [0.05, 0.1) is 13.2 Å². The predicted octanol–water partition coefficient (Wildman–Crippen LogP) is 1.40. The number of hydrogen-bond acceptors (Lipinski definition) is 4. The average Bonchev–Trinajstić information content (AvgIpc) is 2.85. The zero-order valence-electron chi connectivity index (χ0n) is 12.9. The zero-order valence-corrected chi connectivity index (χ0v) is 12.9. The van der Waals surface area contributed by atoms with Gasteiger partial charge in [-0.25, -0.2) is 9.48 Å². The highest BCUT2D eigenvalue weighted by Crippen LogP contribution is 2.20. The molecular formula is C16H22N4O2. The van der Waals surface area contributed by atoms with Crippen molar-refractivity contribution in [1.82, 2.24) is 19.7 Å². The Morgan fingerprint density at radius 3 is 2.64 bits per heavy atom. The van der Waals surface area contributed by atoms with Crippen LogP contribution < -0.4 is 10.4 Å². The highest BCUT2D eigenvalue weighted by atomic mass is 16.5. The number of aryl methyl sites for hydroxylation is 1. The molecule has 22 heavy (non-hydrogen) atoms. The minimum absolute atomic E-state index is 0.152. The van der Waals surface area contributed by atoms with Gasteiger partial charge in [-0.3, -0.25) is 9.88 Å². The van der Waals surface area contributed by atoms with E-state index in [4.69, 9.17) is 4.74 Å². The minimum atomic E-state index is -0.152. The number of aromatic amines is 1. The van der Waals surface area contributed by atoms with Gasteiger partial charge in [-0.2, -0.15) is 5.10 Å². The van der Waals surface area contributed by atoms with E-state index >= 15 is 0 Å². The molecule has 0 unspecified atom stereocenters. The van der Waals surface area contributed by atoms with Crippen LogP contribution in [0.15, 0.2) is 35.1 Å². The SMILES string of the molecule is Cn1nc(CN2CCC(COc3ccccc3)CC2)[nH]c1=O. The number of nitrogens with one attached hydrogen (secondary N) is 1. The summed E-state index contributed by atoms with van der Waals surface area (Å²) in [6.45, 7) is 3.52. The van der Waals surface area contributed by atoms with Crippen LogP contribution in [-0.2, 0) is 13.6 Å². The Morgan fingerprint density at radius 1 is 1.27 bits per heavy atom. The second kappa shape index (κ2) is 6.79. The van der Waals surface area contributed by atoms with Gasteiger partial charge in [-0.05, 0) is 44.0 Å². The van der Waals surface area contributed by atoms with Gasteiger partial charge in [0, 0.05) is 7.05 Å². The van der Waals surface area contributed by atoms with E-state index in [0.29, 0.717) is 12.5 Å². The van der Waals surface area contributed by atoms with Crippen LogP contribution in [0.2, 0.25) is 0 Å². The van der Waals surface area contributed by atoms with E-state index in [1.807, 2.05) is 30.3 Å². The maximum atomic E-state index is 11.4. The summed E-state index contributed by atoms with van der Waals surface area (Å²) in [7, 11) is 1.66. The maximum Gasteiger partial charge on any atom is 0.343 e. The molecule has 1 aliphatic rings. The molecule has 0 bridgehead atoms. The Bertz CT molecular complexity index is 642. The summed E-state index contributed by atoms with van der Waals surface area (Å²) in [4.78, 5) is 16.5. The molecule has 0 radical (unpaired) electrons. The van der Waals surface area contributed by atoms with Crippen molar-refractivity contribution >= 4 is 0 Å². The van der Waals surface area contributed by atoms with Gasteiger partial charge in [-0.1, -0.05) is 18.2 Å². The van der Waals surface area contributed by atoms with E-state index in [9.17, 15) is 4.79 Å². The van der Waals surface area contributed by atoms with Gasteiger partial charge < -0.3 is 4.74 Å². The fourth-order valence-corrected chi connectivity index (χ4v) is 2.78. The fourth-order valence-electron chi connectivity index (χ4n) is 2.78. The molecule has 0 aliphatic carbocycles. The standard InChI is InChI=1S/C16H22N4O2/c1-19-16(21)17-15(18-19)11-20-9-7-13(8-10-20)12-22-14-5-3-2-4-6-14/h2-6,13H,7-12H2,1H3,(H,17,18,21). The van der Waals surface area contributed by atoms with Crippen molar-refractivity contribution in [2.75, 3.05) is 19.7 Å². The van der Waals surface area contributed by atoms with Crippen LogP contribution in [0, 0.1) is 5.92 Å². The third-order valence-corrected chi connectivity index (χ3v) is 4.13. The van der Waals surface area contributed by atoms with Crippen molar-refractivity contribution in [3.05, 3.63) is 46.6 Å². The monoisotopic (exact) mass is 302 g/mol. The Labute approximate surface area is 129 Å². The maximum absolute atomic E-state index is 11.4. The van der Waals surface area contributed by atoms with E-state index < -0.39 is 0 Å². The lowest BCUT2D eigenvalue weighted by atomic mass is 9.98. The second-order valence-corrected chi connectivity index (χ2v) is 5.84. The summed E-state index contributed by atoms with van der Waals surface area (Å²) in [5, 5.41) is 4.18. The van der Waals surface area contributed by atoms with Crippen molar-refractivity contribution in [1.29, 1.82) is 0 Å². The molecule has 3 rings (SSSR count). The molecule has 2 aromatic rings. The Kier molecular flexibility index (Phi) is 4.58. The van der Waals surface area contributed by atoms with Gasteiger partial charge in [0.2, 0.25) is 0 Å². The van der Waals surface area contributed by atoms with E-state index in [1.165, 1.54) is 4.68 Å². The van der Waals surface area contributed by atoms with Crippen LogP contribution in [0.5, 0.6) is 5.75 Å². The lowest BCUT2D eigenvalue weighted by Gasteiger charge is -2.31. The quantitative estimate of drug-likeness (QED) is 0.907. The number of nitrogens with zero attached hydrogens (tertiary/aromatic N) is 3. The highest BCUT2D eigenvalue weighted by Gasteiger charge is 2.20. The Morgan fingerprint density at radius 2 is 2.00 bits per heavy atom. The summed E-state index contributed by atoms with van der Waals surface area (Å²) < 4.78 is 7.18. The van der Waals surface area contributed by atoms with Crippen LogP contribution >= 0.6 is 0 Å². The second-order valence-electron chi connectivity index (χ2n) is 5.84. The van der Waals surface area contributed by atoms with E-state index in [0.717, 1.165) is 44.1 Å². The van der Waals surface area contributed by atoms with Gasteiger partial charge in [0.1, 0.15) is 11.6 Å². The van der Waals surface area contributed by atoms with E-state index in [1.54, 1.807) is 7.05 Å². The zero-order chi connectivity index (χ0) is 15.4. The number of piperidine rings is 1. The molecule has 6 heteroatoms. The van der Waals surface area contributed by atoms with Crippen LogP contribution in [0.1, 0.15) is 18.7 Å². The molecule has 1 aliphatic heterocycles. The molecule has 118 valence electrons. The highest BCUT2D eigenvalue weighted by molar-refractivity contribution is 5.20. The smallest absolute Gasteiger partial charge is 0.343 e. The summed E-state index contributed by atoms with van der Waals surface area (Å²) in [5.74, 6) is 2.28. The van der Waals surface area contributed by atoms with Crippen molar-refractivity contribution in [2.24, 2.45) is 13.0 Å². The Hall–Kier alpha value is -2.08. The molecule has 1 aromatic carbocycles. The number of para-hydroxylation sites is 1. The van der Waals surface area contributed by atoms with Crippen LogP contribution in [0.3, 0.4) is 0 Å². The largest absolute Gasteiger partial charge is 0.493 e. The van der Waals surface area contributed by atoms with E-state index in [2.05, 4.69) is 15.0 Å². The third kappa shape index (κ3) is 3.76. The van der Waals surface area contributed by atoms with Gasteiger partial charge in [0.25, 0.3) is 0 Å². The van der Waals surface area contributed by atoms with Crippen molar-refractivity contribution in [3.8, 4) is 5.75 Å². The normalized spacial score (nSPS) is 16.8. The molecule has 0 saturated carbocycles. The summed E-state index contributed by atoms with van der Waals surface area (Å²) >= 11 is 0. The molecular weight excluding hydrogens is 280 g/mol. The van der Waals surface area contributed by atoms with Crippen molar-refractivity contribution in [3.63, 3.8) is 0 Å². The van der Waals surface area contributed by atoms with Crippen molar-refractivity contribution in [2.45, 2.75) is 19.4 Å². The summed E-state index contributed by atoms with van der Waals surface area (Å²) in [6, 6.07) is 9.96. The van der Waals surface area contributed by atoms with Gasteiger partial charge >= 0.3 is 5.69 Å². The molecule has 6 nitrogen and oxygen atoms in total. The average molecular weight is 302 g/mol. The molecule has 0 spiro atoms. The molecule has 1 saturated heterocycles. The number of hydrogen-bond donors (Lipinski definition) is 1. The first-order valence-corrected chi connectivity index (χ1v) is 7.73. The number of aromatic nitrogens is 3. The first kappa shape index (κ1) is 14.8. The molecule has 1 fully saturated rings. The van der Waals surface area contributed by atoms with Gasteiger partial charge in [-0.15, -0.1) is 0 Å². The molecule has 0 atom stereocenters. The van der Waals surface area contributed by atoms with Crippen LogP contribution in [0.4, 0.5) is 0 Å². The molecule has 2 heterocycles. The first-order chi connectivity index (χ1) is 10.7. The summed E-state index contributed by atoms with van der Waals surface area (Å²) in [5.41, 5.74) is -0.152. The topological polar surface area (TPSA) is 63.1 Å². The molecule has 1 aromatic heterocycles.